The molecule has 5 N–H and O–H groups in total. The van der Waals surface area contributed by atoms with E-state index in [0.717, 1.165) is 17.0 Å². The first-order valence-corrected chi connectivity index (χ1v) is 20.3. The van der Waals surface area contributed by atoms with Crippen LogP contribution in [-0.4, -0.2) is 97.3 Å². The Labute approximate surface area is 354 Å². The van der Waals surface area contributed by atoms with Crippen LogP contribution in [0.3, 0.4) is 0 Å². The Morgan fingerprint density at radius 1 is 0.871 bits per heavy atom. The number of hydrogen-bond acceptors (Lipinski definition) is 9. The largest absolute Gasteiger partial charge is 0.497 e. The predicted octanol–water partition coefficient (Wildman–Crippen LogP) is 5.12. The van der Waals surface area contributed by atoms with E-state index in [0.29, 0.717) is 22.4 Å². The number of hydrogen-bond donors (Lipinski definition) is 4. The normalized spacial score (nSPS) is 16.7. The van der Waals surface area contributed by atoms with E-state index in [2.05, 4.69) is 0 Å². The number of nitrogens with zero attached hydrogens (tertiary/aromatic N) is 1. The van der Waals surface area contributed by atoms with Gasteiger partial charge in [0, 0.05) is 30.1 Å². The van der Waals surface area contributed by atoms with Gasteiger partial charge in [0.05, 0.1) is 24.2 Å². The fraction of sp³-hybridized carbons (Fsp3) is 0.410. The van der Waals surface area contributed by atoms with Crippen LogP contribution in [0.2, 0.25) is 5.02 Å². The van der Waals surface area contributed by atoms with Crippen LogP contribution in [0, 0.1) is 5.92 Å². The van der Waals surface area contributed by atoms with Gasteiger partial charge in [-0.3, -0.25) is 19.2 Å². The van der Waals surface area contributed by atoms with Crippen molar-refractivity contribution < 1.29 is 77.4 Å². The number of alkyl halides is 8. The fourth-order valence-corrected chi connectivity index (χ4v) is 8.04. The zero-order valence-corrected chi connectivity index (χ0v) is 34.5. The highest BCUT2D eigenvalue weighted by Crippen LogP contribution is 2.32. The maximum Gasteiger partial charge on any atom is 0.490 e. The maximum atomic E-state index is 15.6. The van der Waals surface area contributed by atoms with Gasteiger partial charge in [-0.05, 0) is 53.3 Å². The van der Waals surface area contributed by atoms with E-state index in [4.69, 9.17) is 32.0 Å². The minimum Gasteiger partial charge on any atom is -0.497 e. The van der Waals surface area contributed by atoms with E-state index in [9.17, 15) is 53.9 Å². The summed E-state index contributed by atoms with van der Waals surface area (Å²) in [4.78, 5) is 63.4. The van der Waals surface area contributed by atoms with Gasteiger partial charge in [0.25, 0.3) is 11.7 Å². The van der Waals surface area contributed by atoms with Gasteiger partial charge in [-0.25, -0.2) is 13.2 Å². The molecule has 1 aliphatic heterocycles. The number of carboxylic acids is 1. The summed E-state index contributed by atoms with van der Waals surface area (Å²) in [5.41, 5.74) is 6.22. The number of amides is 3. The van der Waals surface area contributed by atoms with Crippen molar-refractivity contribution in [3.8, 4) is 5.75 Å². The SMILES string of the molecule is COc1ccc(CS(=O)(=O)C2CC(C(=O)N[C@H](C(=O)C(F)(F)F)C(C)C)N(C(=O)[C@H](Cc3ccc(CN)cc3)NC(=O)C(F)(F)c3cccc(Cl)c3)C2)cc1.O=C(O)C(F)(F)F. The number of carbonyl (C=O) groups excluding carboxylic acids is 4. The number of Topliss-reactive ketones (excluding diaryl/α,β-unsaturated/α-hetero) is 1. The number of aliphatic carboxylic acids is 1. The van der Waals surface area contributed by atoms with Crippen LogP contribution in [0.1, 0.15) is 42.5 Å². The average molecular weight is 929 g/mol. The maximum absolute atomic E-state index is 15.6. The molecule has 3 aromatic carbocycles. The molecule has 3 amide bonds. The fourth-order valence-electron chi connectivity index (χ4n) is 6.09. The number of ketones is 1. The number of nitrogens with one attached hydrogen (secondary N) is 2. The molecule has 13 nitrogen and oxygen atoms in total. The monoisotopic (exact) mass is 928 g/mol. The van der Waals surface area contributed by atoms with Gasteiger partial charge in [0.15, 0.2) is 9.84 Å². The number of rotatable bonds is 15. The number of carbonyl (C=O) groups is 5. The van der Waals surface area contributed by atoms with Crippen LogP contribution in [-0.2, 0) is 58.5 Å². The lowest BCUT2D eigenvalue weighted by molar-refractivity contribution is -0.192. The van der Waals surface area contributed by atoms with E-state index < -0.39 is 118 Å². The first-order valence-electron chi connectivity index (χ1n) is 18.2. The minimum atomic E-state index is -5.35. The Morgan fingerprint density at radius 3 is 1.90 bits per heavy atom. The third kappa shape index (κ3) is 13.6. The number of carboxylic acid groups (broad SMARTS) is 1. The van der Waals surface area contributed by atoms with E-state index in [1.165, 1.54) is 69.5 Å². The molecule has 23 heteroatoms. The Hall–Kier alpha value is -5.35. The highest BCUT2D eigenvalue weighted by Gasteiger charge is 2.50. The molecule has 3 aromatic rings. The number of ether oxygens (including phenoxy) is 1. The van der Waals surface area contributed by atoms with Crippen LogP contribution >= 0.6 is 11.6 Å². The summed E-state index contributed by atoms with van der Waals surface area (Å²) in [5, 5.41) is 9.63. The lowest BCUT2D eigenvalue weighted by Crippen LogP contribution is -2.58. The summed E-state index contributed by atoms with van der Waals surface area (Å²) >= 11 is 5.88. The van der Waals surface area contributed by atoms with Crippen molar-refractivity contribution in [2.45, 2.75) is 80.6 Å². The van der Waals surface area contributed by atoms with E-state index in [1.54, 1.807) is 12.1 Å². The molecule has 4 rings (SSSR count). The summed E-state index contributed by atoms with van der Waals surface area (Å²) in [6, 6.07) is 10.8. The molecule has 1 aliphatic rings. The Bertz CT molecular complexity index is 2190. The molecule has 0 radical (unpaired) electrons. The van der Waals surface area contributed by atoms with Gasteiger partial charge in [-0.1, -0.05) is 74.0 Å². The number of halogens is 9. The molecular weight excluding hydrogens is 888 g/mol. The number of sulfone groups is 1. The number of nitrogens with two attached hydrogens (primary N) is 1. The van der Waals surface area contributed by atoms with Gasteiger partial charge in [0.2, 0.25) is 11.8 Å². The Kier molecular flexibility index (Phi) is 17.0. The second-order valence-electron chi connectivity index (χ2n) is 14.3. The summed E-state index contributed by atoms with van der Waals surface area (Å²) < 4.78 is 136. The van der Waals surface area contributed by atoms with Crippen molar-refractivity contribution in [3.05, 3.63) is 100 Å². The van der Waals surface area contributed by atoms with Crippen molar-refractivity contribution in [1.82, 2.24) is 15.5 Å². The van der Waals surface area contributed by atoms with Crippen LogP contribution in [0.4, 0.5) is 35.1 Å². The Balaban J connectivity index is 0.00000134. The molecule has 0 saturated carbocycles. The lowest BCUT2D eigenvalue weighted by Gasteiger charge is -2.31. The highest BCUT2D eigenvalue weighted by atomic mass is 35.5. The third-order valence-corrected chi connectivity index (χ3v) is 11.8. The standard InChI is InChI=1S/C37H40ClF5N4O7S.C2HF3O2/c1-21(2)31(32(48)37(41,42)43)46-33(49)30-17-28(55(52,53)20-24-11-13-27(54-3)14-12-24)19-47(30)34(50)29(15-22-7-9-23(18-44)10-8-22)45-35(51)36(39,40)25-5-4-6-26(38)16-25;3-2(4,5)1(6)7/h4-14,16,21,28-31H,15,17-20,44H2,1-3H3,(H,45,51)(H,46,49);(H,6,7)/t28?,29-,30?,31-;/m0./s1. The molecule has 2 unspecified atom stereocenters. The summed E-state index contributed by atoms with van der Waals surface area (Å²) in [6.45, 7) is 1.94. The molecule has 1 fully saturated rings. The Morgan fingerprint density at radius 2 is 1.42 bits per heavy atom. The van der Waals surface area contributed by atoms with Crippen LogP contribution in [0.15, 0.2) is 72.8 Å². The van der Waals surface area contributed by atoms with Crippen molar-refractivity contribution in [1.29, 1.82) is 0 Å². The zero-order valence-electron chi connectivity index (χ0n) is 32.9. The van der Waals surface area contributed by atoms with Crippen molar-refractivity contribution in [2.75, 3.05) is 13.7 Å². The summed E-state index contributed by atoms with van der Waals surface area (Å²) in [5.74, 6) is -14.9. The van der Waals surface area contributed by atoms with E-state index in [-0.39, 0.29) is 11.6 Å². The molecular formula is C39H41ClF8N4O9S. The molecule has 1 saturated heterocycles. The van der Waals surface area contributed by atoms with Crippen LogP contribution in [0.5, 0.6) is 5.75 Å². The average Bonchev–Trinajstić information content (AvgIpc) is 3.66. The van der Waals surface area contributed by atoms with Gasteiger partial charge in [0.1, 0.15) is 17.8 Å². The molecule has 0 spiro atoms. The minimum absolute atomic E-state index is 0.103. The molecule has 1 heterocycles. The number of methoxy groups -OCH3 is 1. The van der Waals surface area contributed by atoms with Gasteiger partial charge in [-0.15, -0.1) is 0 Å². The van der Waals surface area contributed by atoms with Gasteiger partial charge < -0.3 is 31.1 Å². The van der Waals surface area contributed by atoms with Crippen LogP contribution < -0.4 is 21.1 Å². The van der Waals surface area contributed by atoms with Crippen molar-refractivity contribution >= 4 is 50.9 Å². The first-order chi connectivity index (χ1) is 28.6. The smallest absolute Gasteiger partial charge is 0.490 e. The first kappa shape index (κ1) is 51.0. The second kappa shape index (κ2) is 20.7. The number of benzene rings is 3. The van der Waals surface area contributed by atoms with Crippen molar-refractivity contribution in [3.63, 3.8) is 0 Å². The van der Waals surface area contributed by atoms with Crippen LogP contribution in [0.25, 0.3) is 0 Å². The molecule has 4 atom stereocenters. The topological polar surface area (TPSA) is 202 Å². The number of likely N-dealkylation sites (tertiary alicyclic amines) is 1. The highest BCUT2D eigenvalue weighted by molar-refractivity contribution is 7.91. The zero-order chi connectivity index (χ0) is 47.0. The second-order valence-corrected chi connectivity index (χ2v) is 17.0. The van der Waals surface area contributed by atoms with E-state index >= 15 is 8.78 Å². The summed E-state index contributed by atoms with van der Waals surface area (Å²) in [7, 11) is -2.81. The predicted molar refractivity (Wildman–Crippen MR) is 206 cm³/mol. The van der Waals surface area contributed by atoms with E-state index in [1.807, 2.05) is 10.6 Å². The third-order valence-electron chi connectivity index (χ3n) is 9.43. The molecule has 340 valence electrons. The lowest BCUT2D eigenvalue weighted by atomic mass is 9.98. The molecule has 0 aliphatic carbocycles. The van der Waals surface area contributed by atoms with Gasteiger partial charge >= 0.3 is 24.2 Å². The quantitative estimate of drug-likeness (QED) is 0.148. The molecule has 0 aromatic heterocycles. The van der Waals surface area contributed by atoms with Gasteiger partial charge in [-0.2, -0.15) is 35.1 Å². The molecule has 62 heavy (non-hydrogen) atoms. The van der Waals surface area contributed by atoms with Crippen molar-refractivity contribution in [2.24, 2.45) is 11.7 Å². The molecule has 0 bridgehead atoms. The summed E-state index contributed by atoms with van der Waals surface area (Å²) in [6.07, 6.45) is -11.5.